The van der Waals surface area contributed by atoms with E-state index in [1.165, 1.54) is 0 Å². The fourth-order valence-corrected chi connectivity index (χ4v) is 3.58. The van der Waals surface area contributed by atoms with Crippen LogP contribution in [0.15, 0.2) is 36.5 Å². The monoisotopic (exact) mass is 381 g/mol. The molecule has 0 amide bonds. The number of rotatable bonds is 6. The van der Waals surface area contributed by atoms with E-state index in [0.29, 0.717) is 29.3 Å². The second kappa shape index (κ2) is 7.72. The Morgan fingerprint density at radius 2 is 1.86 bits per heavy atom. The van der Waals surface area contributed by atoms with E-state index < -0.39 is 0 Å². The number of nitrogens with zero attached hydrogens (tertiary/aromatic N) is 3. The minimum absolute atomic E-state index is 0.115. The van der Waals surface area contributed by atoms with Gasteiger partial charge in [-0.2, -0.15) is 0 Å². The summed E-state index contributed by atoms with van der Waals surface area (Å²) < 4.78 is 11.0. The van der Waals surface area contributed by atoms with E-state index in [4.69, 9.17) is 9.47 Å². The van der Waals surface area contributed by atoms with Crippen molar-refractivity contribution in [1.29, 1.82) is 0 Å². The molecule has 0 saturated heterocycles. The van der Waals surface area contributed by atoms with Crippen LogP contribution in [0.25, 0.3) is 21.9 Å². The third kappa shape index (κ3) is 3.09. The van der Waals surface area contributed by atoms with Crippen molar-refractivity contribution in [2.45, 2.75) is 13.3 Å². The molecule has 0 aliphatic heterocycles. The maximum absolute atomic E-state index is 11.9. The number of ether oxygens (including phenoxy) is 2. The molecule has 0 radical (unpaired) electrons. The van der Waals surface area contributed by atoms with Crippen LogP contribution in [0.2, 0.25) is 0 Å². The van der Waals surface area contributed by atoms with Gasteiger partial charge < -0.3 is 14.4 Å². The van der Waals surface area contributed by atoms with Crippen LogP contribution in [-0.4, -0.2) is 38.2 Å². The molecular formula is C21H23N3O4. The second-order valence-electron chi connectivity index (χ2n) is 6.53. The summed E-state index contributed by atoms with van der Waals surface area (Å²) in [5.74, 6) is 1.14. The molecule has 7 heteroatoms. The van der Waals surface area contributed by atoms with E-state index in [-0.39, 0.29) is 10.6 Å². The van der Waals surface area contributed by atoms with Crippen molar-refractivity contribution in [3.63, 3.8) is 0 Å². The lowest BCUT2D eigenvalue weighted by atomic mass is 9.92. The molecule has 0 bridgehead atoms. The van der Waals surface area contributed by atoms with Gasteiger partial charge in [0.25, 0.3) is 5.69 Å². The zero-order chi connectivity index (χ0) is 20.4. The van der Waals surface area contributed by atoms with Gasteiger partial charge in [0.1, 0.15) is 11.4 Å². The molecule has 2 aromatic carbocycles. The molecule has 3 rings (SSSR count). The highest BCUT2D eigenvalue weighted by Crippen LogP contribution is 2.43. The molecule has 0 aliphatic carbocycles. The Kier molecular flexibility index (Phi) is 5.35. The number of nitro benzene ring substituents is 1. The quantitative estimate of drug-likeness (QED) is 0.463. The van der Waals surface area contributed by atoms with Crippen LogP contribution < -0.4 is 14.4 Å². The van der Waals surface area contributed by atoms with Crippen LogP contribution in [0, 0.1) is 10.1 Å². The Morgan fingerprint density at radius 1 is 1.11 bits per heavy atom. The average Bonchev–Trinajstić information content (AvgIpc) is 2.70. The van der Waals surface area contributed by atoms with E-state index in [0.717, 1.165) is 21.9 Å². The first-order valence-corrected chi connectivity index (χ1v) is 8.92. The number of aromatic nitrogens is 1. The number of methoxy groups -OCH3 is 2. The lowest BCUT2D eigenvalue weighted by Crippen LogP contribution is -2.12. The maximum atomic E-state index is 11.9. The second-order valence-corrected chi connectivity index (χ2v) is 6.53. The number of fused-ring (bicyclic) bond motifs is 1. The first-order chi connectivity index (χ1) is 13.4. The topological polar surface area (TPSA) is 77.7 Å². The van der Waals surface area contributed by atoms with Gasteiger partial charge in [-0.1, -0.05) is 19.1 Å². The fourth-order valence-electron chi connectivity index (χ4n) is 3.58. The van der Waals surface area contributed by atoms with Gasteiger partial charge in [0.2, 0.25) is 5.88 Å². The van der Waals surface area contributed by atoms with Crippen LogP contribution >= 0.6 is 0 Å². The van der Waals surface area contributed by atoms with Crippen LogP contribution in [0.1, 0.15) is 12.5 Å². The zero-order valence-corrected chi connectivity index (χ0v) is 16.6. The van der Waals surface area contributed by atoms with Gasteiger partial charge in [0, 0.05) is 42.2 Å². The molecule has 0 saturated carbocycles. The molecule has 28 heavy (non-hydrogen) atoms. The zero-order valence-electron chi connectivity index (χ0n) is 16.6. The van der Waals surface area contributed by atoms with Crippen molar-refractivity contribution in [2.75, 3.05) is 33.2 Å². The maximum Gasteiger partial charge on any atom is 0.296 e. The number of pyridine rings is 1. The molecule has 0 aliphatic rings. The van der Waals surface area contributed by atoms with Gasteiger partial charge in [-0.15, -0.1) is 0 Å². The van der Waals surface area contributed by atoms with Crippen LogP contribution in [0.4, 0.5) is 11.4 Å². The lowest BCUT2D eigenvalue weighted by Gasteiger charge is -2.19. The number of hydrogen-bond donors (Lipinski definition) is 0. The minimum atomic E-state index is -0.311. The molecule has 0 atom stereocenters. The summed E-state index contributed by atoms with van der Waals surface area (Å²) in [5.41, 5.74) is 2.89. The van der Waals surface area contributed by atoms with Gasteiger partial charge in [0.15, 0.2) is 0 Å². The fraction of sp³-hybridized carbons (Fsp3) is 0.286. The van der Waals surface area contributed by atoms with Crippen LogP contribution in [0.5, 0.6) is 11.6 Å². The standard InChI is InChI=1S/C21H23N3O4/c1-6-13-14(10-11-17(23(2)3)20(13)24(25)26)16-12-22-21(28-5)15-8-7-9-18(27-4)19(15)16/h7-12H,6H2,1-5H3. The Balaban J connectivity index is 2.44. The Bertz CT molecular complexity index is 1050. The molecule has 0 spiro atoms. The predicted molar refractivity (Wildman–Crippen MR) is 111 cm³/mol. The van der Waals surface area contributed by atoms with Gasteiger partial charge in [0.05, 0.1) is 19.1 Å². The van der Waals surface area contributed by atoms with Crippen molar-refractivity contribution in [3.8, 4) is 22.8 Å². The molecule has 7 nitrogen and oxygen atoms in total. The minimum Gasteiger partial charge on any atom is -0.496 e. The molecule has 1 aromatic heterocycles. The Morgan fingerprint density at radius 3 is 2.43 bits per heavy atom. The third-order valence-electron chi connectivity index (χ3n) is 4.82. The number of hydrogen-bond acceptors (Lipinski definition) is 6. The van der Waals surface area contributed by atoms with E-state index in [1.807, 2.05) is 31.2 Å². The van der Waals surface area contributed by atoms with Crippen molar-refractivity contribution in [1.82, 2.24) is 4.98 Å². The predicted octanol–water partition coefficient (Wildman–Crippen LogP) is 4.46. The van der Waals surface area contributed by atoms with Gasteiger partial charge in [-0.25, -0.2) is 4.98 Å². The van der Waals surface area contributed by atoms with E-state index in [2.05, 4.69) is 4.98 Å². The van der Waals surface area contributed by atoms with Gasteiger partial charge in [-0.3, -0.25) is 10.1 Å². The van der Waals surface area contributed by atoms with E-state index in [1.54, 1.807) is 45.5 Å². The lowest BCUT2D eigenvalue weighted by molar-refractivity contribution is -0.384. The Labute approximate surface area is 163 Å². The smallest absolute Gasteiger partial charge is 0.296 e. The molecular weight excluding hydrogens is 358 g/mol. The molecule has 146 valence electrons. The summed E-state index contributed by atoms with van der Waals surface area (Å²) >= 11 is 0. The highest BCUT2D eigenvalue weighted by Gasteiger charge is 2.25. The third-order valence-corrected chi connectivity index (χ3v) is 4.82. The van der Waals surface area contributed by atoms with Crippen molar-refractivity contribution in [3.05, 3.63) is 52.2 Å². The first-order valence-electron chi connectivity index (χ1n) is 8.92. The highest BCUT2D eigenvalue weighted by atomic mass is 16.6. The highest BCUT2D eigenvalue weighted by molar-refractivity contribution is 6.04. The summed E-state index contributed by atoms with van der Waals surface area (Å²) in [6.45, 7) is 1.92. The average molecular weight is 381 g/mol. The molecule has 0 unspecified atom stereocenters. The summed E-state index contributed by atoms with van der Waals surface area (Å²) in [7, 11) is 6.77. The van der Waals surface area contributed by atoms with Crippen molar-refractivity contribution in [2.24, 2.45) is 0 Å². The SMILES string of the molecule is CCc1c(-c2cnc(OC)c3cccc(OC)c23)ccc(N(C)C)c1[N+](=O)[O-]. The van der Waals surface area contributed by atoms with Crippen LogP contribution in [-0.2, 0) is 6.42 Å². The van der Waals surface area contributed by atoms with Crippen molar-refractivity contribution >= 4 is 22.1 Å². The summed E-state index contributed by atoms with van der Waals surface area (Å²) in [5, 5.41) is 13.5. The summed E-state index contributed by atoms with van der Waals surface area (Å²) in [6.07, 6.45) is 2.20. The van der Waals surface area contributed by atoms with Gasteiger partial charge >= 0.3 is 0 Å². The number of nitro groups is 1. The molecule has 3 aromatic rings. The van der Waals surface area contributed by atoms with E-state index >= 15 is 0 Å². The van der Waals surface area contributed by atoms with Crippen LogP contribution in [0.3, 0.4) is 0 Å². The van der Waals surface area contributed by atoms with E-state index in [9.17, 15) is 10.1 Å². The van der Waals surface area contributed by atoms with Gasteiger partial charge in [-0.05, 0) is 30.2 Å². The largest absolute Gasteiger partial charge is 0.496 e. The Hall–Kier alpha value is -3.35. The molecule has 0 fully saturated rings. The summed E-state index contributed by atoms with van der Waals surface area (Å²) in [4.78, 5) is 17.8. The summed E-state index contributed by atoms with van der Waals surface area (Å²) in [6, 6.07) is 9.32. The molecule has 0 N–H and O–H groups in total. The first kappa shape index (κ1) is 19.4. The normalized spacial score (nSPS) is 10.8. The van der Waals surface area contributed by atoms with Crippen molar-refractivity contribution < 1.29 is 14.4 Å². The molecule has 1 heterocycles. The number of anilines is 1. The number of benzene rings is 2.